The molecule has 0 bridgehead atoms. The van der Waals surface area contributed by atoms with Crippen molar-refractivity contribution in [1.29, 1.82) is 0 Å². The van der Waals surface area contributed by atoms with Gasteiger partial charge < -0.3 is 5.11 Å². The van der Waals surface area contributed by atoms with Crippen molar-refractivity contribution in [2.45, 2.75) is 37.0 Å². The van der Waals surface area contributed by atoms with Gasteiger partial charge in [0.05, 0.1) is 5.56 Å². The van der Waals surface area contributed by atoms with Gasteiger partial charge in [0.2, 0.25) is 0 Å². The van der Waals surface area contributed by atoms with Gasteiger partial charge in [-0.2, -0.15) is 0 Å². The molecule has 2 aromatic rings. The van der Waals surface area contributed by atoms with Crippen molar-refractivity contribution in [1.82, 2.24) is 4.98 Å². The summed E-state index contributed by atoms with van der Waals surface area (Å²) in [6.45, 7) is 6.54. The van der Waals surface area contributed by atoms with Gasteiger partial charge in [-0.15, -0.1) is 11.8 Å². The van der Waals surface area contributed by atoms with Crippen LogP contribution >= 0.6 is 11.8 Å². The number of benzene rings is 1. The van der Waals surface area contributed by atoms with Gasteiger partial charge in [-0.3, -0.25) is 0 Å². The Labute approximate surface area is 129 Å². The molecule has 0 fully saturated rings. The van der Waals surface area contributed by atoms with Gasteiger partial charge in [-0.25, -0.2) is 9.78 Å². The quantitative estimate of drug-likeness (QED) is 0.852. The van der Waals surface area contributed by atoms with Crippen LogP contribution in [0.3, 0.4) is 0 Å². The van der Waals surface area contributed by atoms with Crippen molar-refractivity contribution in [3.05, 3.63) is 59.3 Å². The molecule has 0 aliphatic heterocycles. The second-order valence-corrected chi connectivity index (χ2v) is 6.86. The Hall–Kier alpha value is -1.81. The average molecular weight is 301 g/mol. The highest BCUT2D eigenvalue weighted by molar-refractivity contribution is 7.98. The molecule has 0 saturated carbocycles. The van der Waals surface area contributed by atoms with Crippen molar-refractivity contribution in [3.63, 3.8) is 0 Å². The van der Waals surface area contributed by atoms with E-state index in [2.05, 4.69) is 44.0 Å². The second kappa shape index (κ2) is 6.31. The minimum absolute atomic E-state index is 0.109. The Morgan fingerprint density at radius 2 is 2.00 bits per heavy atom. The Bertz CT molecular complexity index is 647. The van der Waals surface area contributed by atoms with Crippen LogP contribution in [-0.2, 0) is 11.2 Å². The smallest absolute Gasteiger partial charge is 0.338 e. The number of aromatic carboxylic acids is 1. The lowest BCUT2D eigenvalue weighted by molar-refractivity contribution is 0.0692. The Balaban J connectivity index is 2.16. The van der Waals surface area contributed by atoms with Crippen molar-refractivity contribution >= 4 is 17.7 Å². The van der Waals surface area contributed by atoms with Crippen molar-refractivity contribution in [3.8, 4) is 0 Å². The van der Waals surface area contributed by atoms with Gasteiger partial charge in [-0.1, -0.05) is 45.0 Å². The molecule has 1 heterocycles. The molecule has 0 aliphatic carbocycles. The Morgan fingerprint density at radius 1 is 1.24 bits per heavy atom. The van der Waals surface area contributed by atoms with Gasteiger partial charge in [0.1, 0.15) is 5.03 Å². The third-order valence-electron chi connectivity index (χ3n) is 3.17. The van der Waals surface area contributed by atoms with Crippen molar-refractivity contribution < 1.29 is 9.90 Å². The summed E-state index contributed by atoms with van der Waals surface area (Å²) in [6.07, 6.45) is 1.63. The SMILES string of the molecule is CC(C)(C)c1cccc(CSc2ncccc2C(=O)O)c1. The molecule has 0 saturated heterocycles. The molecule has 0 atom stereocenters. The molecule has 0 radical (unpaired) electrons. The first-order valence-corrected chi connectivity index (χ1v) is 7.77. The fraction of sp³-hybridized carbons (Fsp3) is 0.294. The van der Waals surface area contributed by atoms with Crippen LogP contribution in [-0.4, -0.2) is 16.1 Å². The summed E-state index contributed by atoms with van der Waals surface area (Å²) in [5.41, 5.74) is 2.82. The lowest BCUT2D eigenvalue weighted by Crippen LogP contribution is -2.11. The minimum atomic E-state index is -0.936. The summed E-state index contributed by atoms with van der Waals surface area (Å²) in [5.74, 6) is -0.227. The molecule has 1 N–H and O–H groups in total. The molecular weight excluding hydrogens is 282 g/mol. The van der Waals surface area contributed by atoms with E-state index in [-0.39, 0.29) is 11.0 Å². The number of carboxylic acid groups (broad SMARTS) is 1. The molecule has 0 aliphatic rings. The number of rotatable bonds is 4. The van der Waals surface area contributed by atoms with Crippen LogP contribution in [0.4, 0.5) is 0 Å². The fourth-order valence-electron chi connectivity index (χ4n) is 1.95. The molecule has 0 amide bonds. The standard InChI is InChI=1S/C17H19NO2S/c1-17(2,3)13-7-4-6-12(10-13)11-21-15-14(16(19)20)8-5-9-18-15/h4-10H,11H2,1-3H3,(H,19,20). The van der Waals surface area contributed by atoms with Gasteiger partial charge in [-0.05, 0) is 28.7 Å². The summed E-state index contributed by atoms with van der Waals surface area (Å²) in [5, 5.41) is 9.72. The number of hydrogen-bond acceptors (Lipinski definition) is 3. The average Bonchev–Trinajstić information content (AvgIpc) is 2.45. The highest BCUT2D eigenvalue weighted by Gasteiger charge is 2.14. The van der Waals surface area contributed by atoms with E-state index in [1.54, 1.807) is 18.3 Å². The monoisotopic (exact) mass is 301 g/mol. The highest BCUT2D eigenvalue weighted by Crippen LogP contribution is 2.27. The van der Waals surface area contributed by atoms with Crippen molar-refractivity contribution in [2.24, 2.45) is 0 Å². The van der Waals surface area contributed by atoms with E-state index in [0.717, 1.165) is 0 Å². The molecule has 1 aromatic heterocycles. The van der Waals surface area contributed by atoms with E-state index in [1.807, 2.05) is 6.07 Å². The third-order valence-corrected chi connectivity index (χ3v) is 4.25. The number of carbonyl (C=O) groups is 1. The zero-order valence-electron chi connectivity index (χ0n) is 12.5. The maximum atomic E-state index is 11.2. The molecule has 0 unspecified atom stereocenters. The van der Waals surface area contributed by atoms with E-state index < -0.39 is 5.97 Å². The van der Waals surface area contributed by atoms with Crippen molar-refractivity contribution in [2.75, 3.05) is 0 Å². The Kier molecular flexibility index (Phi) is 4.68. The lowest BCUT2D eigenvalue weighted by atomic mass is 9.86. The normalized spacial score (nSPS) is 11.4. The minimum Gasteiger partial charge on any atom is -0.478 e. The van der Waals surface area contributed by atoms with Crippen LogP contribution < -0.4 is 0 Å². The van der Waals surface area contributed by atoms with Crippen LogP contribution in [0.2, 0.25) is 0 Å². The predicted molar refractivity (Wildman–Crippen MR) is 85.9 cm³/mol. The number of carboxylic acids is 1. The second-order valence-electron chi connectivity index (χ2n) is 5.90. The van der Waals surface area contributed by atoms with Gasteiger partial charge in [0.15, 0.2) is 0 Å². The topological polar surface area (TPSA) is 50.2 Å². The van der Waals surface area contributed by atoms with E-state index in [9.17, 15) is 4.79 Å². The van der Waals surface area contributed by atoms with E-state index >= 15 is 0 Å². The van der Waals surface area contributed by atoms with Crippen LogP contribution in [0.25, 0.3) is 0 Å². The van der Waals surface area contributed by atoms with E-state index in [0.29, 0.717) is 10.8 Å². The van der Waals surface area contributed by atoms with Crippen LogP contribution in [0.15, 0.2) is 47.6 Å². The van der Waals surface area contributed by atoms with Crippen LogP contribution in [0.1, 0.15) is 42.3 Å². The number of pyridine rings is 1. The van der Waals surface area contributed by atoms with Crippen LogP contribution in [0, 0.1) is 0 Å². The summed E-state index contributed by atoms with van der Waals surface area (Å²) >= 11 is 1.46. The molecule has 1 aromatic carbocycles. The van der Waals surface area contributed by atoms with E-state index in [1.165, 1.54) is 22.9 Å². The molecule has 4 heteroatoms. The molecular formula is C17H19NO2S. The van der Waals surface area contributed by atoms with Gasteiger partial charge in [0.25, 0.3) is 0 Å². The molecule has 21 heavy (non-hydrogen) atoms. The van der Waals surface area contributed by atoms with Gasteiger partial charge >= 0.3 is 5.97 Å². The summed E-state index contributed by atoms with van der Waals surface area (Å²) in [6, 6.07) is 11.6. The summed E-state index contributed by atoms with van der Waals surface area (Å²) in [4.78, 5) is 15.3. The largest absolute Gasteiger partial charge is 0.478 e. The van der Waals surface area contributed by atoms with Gasteiger partial charge in [0, 0.05) is 11.9 Å². The van der Waals surface area contributed by atoms with E-state index in [4.69, 9.17) is 5.11 Å². The summed E-state index contributed by atoms with van der Waals surface area (Å²) in [7, 11) is 0. The zero-order valence-corrected chi connectivity index (χ0v) is 13.3. The van der Waals surface area contributed by atoms with Crippen LogP contribution in [0.5, 0.6) is 0 Å². The first-order valence-electron chi connectivity index (χ1n) is 6.78. The number of thioether (sulfide) groups is 1. The first-order chi connectivity index (χ1) is 9.88. The highest BCUT2D eigenvalue weighted by atomic mass is 32.2. The third kappa shape index (κ3) is 4.08. The summed E-state index contributed by atoms with van der Waals surface area (Å²) < 4.78 is 0. The fourth-order valence-corrected chi connectivity index (χ4v) is 2.88. The first kappa shape index (κ1) is 15.6. The number of hydrogen-bond donors (Lipinski definition) is 1. The lowest BCUT2D eigenvalue weighted by Gasteiger charge is -2.19. The predicted octanol–water partition coefficient (Wildman–Crippen LogP) is 4.37. The Morgan fingerprint density at radius 3 is 2.67 bits per heavy atom. The molecule has 3 nitrogen and oxygen atoms in total. The zero-order chi connectivity index (χ0) is 15.5. The molecule has 2 rings (SSSR count). The number of aromatic nitrogens is 1. The maximum Gasteiger partial charge on any atom is 0.338 e. The maximum absolute atomic E-state index is 11.2. The molecule has 110 valence electrons. The molecule has 0 spiro atoms. The number of nitrogens with zero attached hydrogens (tertiary/aromatic N) is 1.